The number of amides is 1. The topological polar surface area (TPSA) is 66.8 Å². The number of fused-ring (bicyclic) bond motifs is 1. The number of carbonyl (C=O) groups is 2. The Hall–Kier alpha value is -2.04. The molecule has 1 spiro atoms. The largest absolute Gasteiger partial charge is 0.494 e. The van der Waals surface area contributed by atoms with Crippen LogP contribution in [0.4, 0.5) is 0 Å². The van der Waals surface area contributed by atoms with Gasteiger partial charge in [0.2, 0.25) is 5.91 Å². The summed E-state index contributed by atoms with van der Waals surface area (Å²) in [6, 6.07) is 6.21. The molecular formula is C21H27NO4. The summed E-state index contributed by atoms with van der Waals surface area (Å²) >= 11 is 0. The number of hydrogen-bond acceptors (Lipinski definition) is 3. The van der Waals surface area contributed by atoms with Gasteiger partial charge in [0.15, 0.2) is 0 Å². The summed E-state index contributed by atoms with van der Waals surface area (Å²) in [6.07, 6.45) is 4.00. The van der Waals surface area contributed by atoms with Crippen molar-refractivity contribution in [3.63, 3.8) is 0 Å². The molecule has 0 aromatic heterocycles. The highest BCUT2D eigenvalue weighted by molar-refractivity contribution is 5.84. The summed E-state index contributed by atoms with van der Waals surface area (Å²) in [7, 11) is 0. The molecule has 0 radical (unpaired) electrons. The predicted molar refractivity (Wildman–Crippen MR) is 97.0 cm³/mol. The Morgan fingerprint density at radius 2 is 2.23 bits per heavy atom. The second kappa shape index (κ2) is 6.29. The van der Waals surface area contributed by atoms with E-state index >= 15 is 0 Å². The molecule has 5 heteroatoms. The molecule has 1 aliphatic carbocycles. The fraction of sp³-hybridized carbons (Fsp3) is 0.619. The first-order chi connectivity index (χ1) is 12.5. The zero-order chi connectivity index (χ0) is 18.5. The minimum absolute atomic E-state index is 0.0590. The van der Waals surface area contributed by atoms with Crippen LogP contribution in [0, 0.1) is 17.8 Å². The molecule has 1 amide bonds. The van der Waals surface area contributed by atoms with Crippen LogP contribution in [0.5, 0.6) is 5.75 Å². The maximum atomic E-state index is 12.7. The van der Waals surface area contributed by atoms with E-state index in [9.17, 15) is 14.7 Å². The monoisotopic (exact) mass is 357 g/mol. The second-order valence-corrected chi connectivity index (χ2v) is 8.10. The van der Waals surface area contributed by atoms with E-state index in [0.717, 1.165) is 37.0 Å². The molecule has 2 aliphatic heterocycles. The molecule has 1 aromatic rings. The van der Waals surface area contributed by atoms with Crippen LogP contribution in [0.3, 0.4) is 0 Å². The number of unbranched alkanes of at least 4 members (excludes halogenated alkanes) is 1. The number of carbonyl (C=O) groups excluding carboxylic acids is 1. The molecule has 140 valence electrons. The van der Waals surface area contributed by atoms with Gasteiger partial charge < -0.3 is 14.7 Å². The number of nitrogens with zero attached hydrogens (tertiary/aromatic N) is 1. The van der Waals surface area contributed by atoms with E-state index in [0.29, 0.717) is 19.6 Å². The Kier molecular flexibility index (Phi) is 4.20. The molecule has 1 saturated carbocycles. The van der Waals surface area contributed by atoms with Crippen LogP contribution in [-0.4, -0.2) is 35.0 Å². The van der Waals surface area contributed by atoms with E-state index < -0.39 is 17.4 Å². The van der Waals surface area contributed by atoms with E-state index in [4.69, 9.17) is 4.74 Å². The van der Waals surface area contributed by atoms with Gasteiger partial charge >= 0.3 is 5.97 Å². The van der Waals surface area contributed by atoms with Gasteiger partial charge in [0.1, 0.15) is 5.75 Å². The first-order valence-electron chi connectivity index (χ1n) is 9.78. The molecule has 1 saturated heterocycles. The van der Waals surface area contributed by atoms with Gasteiger partial charge in [-0.2, -0.15) is 0 Å². The molecule has 1 unspecified atom stereocenters. The van der Waals surface area contributed by atoms with Crippen LogP contribution in [-0.2, 0) is 21.5 Å². The number of ether oxygens (including phenoxy) is 1. The van der Waals surface area contributed by atoms with Gasteiger partial charge in [0, 0.05) is 18.9 Å². The van der Waals surface area contributed by atoms with Crippen molar-refractivity contribution in [1.82, 2.24) is 4.90 Å². The average Bonchev–Trinajstić information content (AvgIpc) is 3.03. The minimum Gasteiger partial charge on any atom is -0.494 e. The molecule has 1 N–H and O–H groups in total. The highest BCUT2D eigenvalue weighted by Gasteiger charge is 2.65. The van der Waals surface area contributed by atoms with Crippen LogP contribution in [0.1, 0.15) is 50.7 Å². The molecule has 1 aromatic carbocycles. The lowest BCUT2D eigenvalue weighted by Gasteiger charge is -2.44. The van der Waals surface area contributed by atoms with Crippen molar-refractivity contribution in [2.24, 2.45) is 17.8 Å². The summed E-state index contributed by atoms with van der Waals surface area (Å²) < 4.78 is 5.91. The van der Waals surface area contributed by atoms with Crippen molar-refractivity contribution in [2.45, 2.75) is 51.5 Å². The van der Waals surface area contributed by atoms with Gasteiger partial charge in [-0.15, -0.1) is 0 Å². The molecule has 5 nitrogen and oxygen atoms in total. The number of aliphatic carboxylic acids is 1. The predicted octanol–water partition coefficient (Wildman–Crippen LogP) is 3.21. The number of carboxylic acids is 1. The Morgan fingerprint density at radius 3 is 2.96 bits per heavy atom. The fourth-order valence-corrected chi connectivity index (χ4v) is 5.62. The van der Waals surface area contributed by atoms with E-state index in [1.54, 1.807) is 0 Å². The Bertz CT molecular complexity index is 746. The first kappa shape index (κ1) is 17.4. The van der Waals surface area contributed by atoms with E-state index in [-0.39, 0.29) is 17.7 Å². The van der Waals surface area contributed by atoms with Gasteiger partial charge in [-0.05, 0) is 48.4 Å². The number of carboxylic acid groups (broad SMARTS) is 1. The molecule has 26 heavy (non-hydrogen) atoms. The lowest BCUT2D eigenvalue weighted by Crippen LogP contribution is -2.49. The third-order valence-corrected chi connectivity index (χ3v) is 6.67. The van der Waals surface area contributed by atoms with Gasteiger partial charge in [-0.3, -0.25) is 9.59 Å². The molecule has 2 fully saturated rings. The third kappa shape index (κ3) is 2.36. The van der Waals surface area contributed by atoms with E-state index in [1.807, 2.05) is 17.9 Å². The Balaban J connectivity index is 1.78. The summed E-state index contributed by atoms with van der Waals surface area (Å²) in [5.74, 6) is -0.374. The zero-order valence-electron chi connectivity index (χ0n) is 15.5. The minimum atomic E-state index is -0.767. The quantitative estimate of drug-likeness (QED) is 0.822. The van der Waals surface area contributed by atoms with Gasteiger partial charge in [0.05, 0.1) is 18.1 Å². The van der Waals surface area contributed by atoms with Crippen molar-refractivity contribution >= 4 is 11.9 Å². The molecule has 2 heterocycles. The summed E-state index contributed by atoms with van der Waals surface area (Å²) in [4.78, 5) is 26.6. The van der Waals surface area contributed by atoms with Crippen molar-refractivity contribution in [2.75, 3.05) is 13.2 Å². The van der Waals surface area contributed by atoms with Crippen LogP contribution in [0.15, 0.2) is 18.2 Å². The smallest absolute Gasteiger partial charge is 0.307 e. The molecule has 3 aliphatic rings. The van der Waals surface area contributed by atoms with Gasteiger partial charge in [0.25, 0.3) is 0 Å². The van der Waals surface area contributed by atoms with E-state index in [2.05, 4.69) is 19.1 Å². The Morgan fingerprint density at radius 1 is 1.42 bits per heavy atom. The van der Waals surface area contributed by atoms with Crippen LogP contribution >= 0.6 is 0 Å². The molecule has 4 rings (SSSR count). The van der Waals surface area contributed by atoms with Crippen molar-refractivity contribution < 1.29 is 19.4 Å². The van der Waals surface area contributed by atoms with E-state index in [1.165, 1.54) is 5.56 Å². The highest BCUT2D eigenvalue weighted by Crippen LogP contribution is 2.61. The SMILES string of the molecule is CCCCOc1ccc2c(c1)[C@@]13C[C@H](C)[C@@H](C(=O)O)C1CC(=O)N3CC2. The summed E-state index contributed by atoms with van der Waals surface area (Å²) in [6.45, 7) is 5.53. The van der Waals surface area contributed by atoms with Crippen LogP contribution < -0.4 is 4.74 Å². The van der Waals surface area contributed by atoms with Gasteiger partial charge in [-0.25, -0.2) is 0 Å². The summed E-state index contributed by atoms with van der Waals surface area (Å²) in [5.41, 5.74) is 1.91. The number of hydrogen-bond donors (Lipinski definition) is 1. The Labute approximate surface area is 154 Å². The third-order valence-electron chi connectivity index (χ3n) is 6.67. The molecule has 0 bridgehead atoms. The number of benzene rings is 1. The maximum Gasteiger partial charge on any atom is 0.307 e. The highest BCUT2D eigenvalue weighted by atomic mass is 16.5. The van der Waals surface area contributed by atoms with Gasteiger partial charge in [-0.1, -0.05) is 26.3 Å². The summed E-state index contributed by atoms with van der Waals surface area (Å²) in [5, 5.41) is 9.80. The maximum absolute atomic E-state index is 12.7. The number of rotatable bonds is 5. The second-order valence-electron chi connectivity index (χ2n) is 8.10. The first-order valence-corrected chi connectivity index (χ1v) is 9.78. The fourth-order valence-electron chi connectivity index (χ4n) is 5.62. The van der Waals surface area contributed by atoms with Crippen LogP contribution in [0.25, 0.3) is 0 Å². The molecular weight excluding hydrogens is 330 g/mol. The van der Waals surface area contributed by atoms with Crippen molar-refractivity contribution in [3.8, 4) is 5.75 Å². The lowest BCUT2D eigenvalue weighted by atomic mass is 9.74. The lowest BCUT2D eigenvalue weighted by molar-refractivity contribution is -0.144. The van der Waals surface area contributed by atoms with Crippen molar-refractivity contribution in [3.05, 3.63) is 29.3 Å². The zero-order valence-corrected chi connectivity index (χ0v) is 15.5. The standard InChI is InChI=1S/C21H27NO4/c1-3-4-9-26-15-6-5-14-7-8-22-18(23)11-17-19(20(24)25)13(2)12-21(17,22)16(14)10-15/h5-6,10,13,17,19H,3-4,7-9,11-12H2,1-2H3,(H,24,25)/t13-,17?,19+,21-/m0/s1. The normalized spacial score (nSPS) is 32.2. The van der Waals surface area contributed by atoms with Crippen molar-refractivity contribution in [1.29, 1.82) is 0 Å². The molecule has 4 atom stereocenters. The average molecular weight is 357 g/mol. The van der Waals surface area contributed by atoms with Crippen LogP contribution in [0.2, 0.25) is 0 Å².